The van der Waals surface area contributed by atoms with Gasteiger partial charge >= 0.3 is 0 Å². The van der Waals surface area contributed by atoms with Gasteiger partial charge in [-0.2, -0.15) is 0 Å². The van der Waals surface area contributed by atoms with Crippen LogP contribution in [0.1, 0.15) is 22.9 Å². The van der Waals surface area contributed by atoms with Crippen molar-refractivity contribution in [1.29, 1.82) is 0 Å². The summed E-state index contributed by atoms with van der Waals surface area (Å²) >= 11 is 9.64. The molecule has 0 amide bonds. The van der Waals surface area contributed by atoms with E-state index in [4.69, 9.17) is 11.6 Å². The molecule has 0 spiro atoms. The number of fused-ring (bicyclic) bond motifs is 2. The Morgan fingerprint density at radius 2 is 2.10 bits per heavy atom. The Kier molecular flexibility index (Phi) is 3.27. The fourth-order valence-corrected chi connectivity index (χ4v) is 3.75. The number of hydrogen-bond acceptors (Lipinski definition) is 1. The normalized spacial score (nSPS) is 16.8. The molecule has 1 aliphatic rings. The molecule has 1 atom stereocenters. The quantitative estimate of drug-likeness (QED) is 0.608. The molecule has 21 heavy (non-hydrogen) atoms. The Morgan fingerprint density at radius 3 is 2.90 bits per heavy atom. The number of halogens is 2. The van der Waals surface area contributed by atoms with Gasteiger partial charge in [0.2, 0.25) is 0 Å². The second-order valence-electron chi connectivity index (χ2n) is 5.51. The number of benzene rings is 2. The highest BCUT2D eigenvalue weighted by molar-refractivity contribution is 9.10. The van der Waals surface area contributed by atoms with Gasteiger partial charge in [0.15, 0.2) is 0 Å². The second-order valence-corrected chi connectivity index (χ2v) is 6.69. The van der Waals surface area contributed by atoms with E-state index in [2.05, 4.69) is 55.8 Å². The Bertz CT molecular complexity index is 825. The maximum Gasteiger partial charge on any atom is 0.124 e. The molecule has 3 aromatic rings. The van der Waals surface area contributed by atoms with Crippen molar-refractivity contribution >= 4 is 38.6 Å². The van der Waals surface area contributed by atoms with Crippen molar-refractivity contribution in [2.24, 2.45) is 0 Å². The summed E-state index contributed by atoms with van der Waals surface area (Å²) in [6, 6.07) is 14.9. The van der Waals surface area contributed by atoms with Gasteiger partial charge in [0.05, 0.1) is 16.9 Å². The Hall–Kier alpha value is -1.32. The van der Waals surface area contributed by atoms with Gasteiger partial charge in [0, 0.05) is 16.9 Å². The van der Waals surface area contributed by atoms with E-state index in [9.17, 15) is 0 Å². The average molecular weight is 362 g/mol. The minimum atomic E-state index is 0.445. The molecule has 1 heterocycles. The summed E-state index contributed by atoms with van der Waals surface area (Å²) in [4.78, 5) is 4.65. The third-order valence-corrected chi connectivity index (χ3v) is 5.01. The van der Waals surface area contributed by atoms with E-state index in [-0.39, 0.29) is 0 Å². The van der Waals surface area contributed by atoms with E-state index < -0.39 is 0 Å². The van der Waals surface area contributed by atoms with Gasteiger partial charge in [-0.05, 0) is 35.7 Å². The summed E-state index contributed by atoms with van der Waals surface area (Å²) in [5.74, 6) is 1.97. The molecule has 2 aromatic carbocycles. The Balaban J connectivity index is 1.75. The first-order valence-electron chi connectivity index (χ1n) is 7.04. The SMILES string of the molecule is ClCc1nc2ccc(Br)cc2n1CC1Cc2ccccc21. The van der Waals surface area contributed by atoms with Gasteiger partial charge in [-0.3, -0.25) is 0 Å². The minimum Gasteiger partial charge on any atom is -0.326 e. The summed E-state index contributed by atoms with van der Waals surface area (Å²) in [6.45, 7) is 0.950. The number of rotatable bonds is 3. The molecule has 0 bridgehead atoms. The van der Waals surface area contributed by atoms with E-state index in [0.717, 1.165) is 34.3 Å². The summed E-state index contributed by atoms with van der Waals surface area (Å²) in [6.07, 6.45) is 1.14. The van der Waals surface area contributed by atoms with Gasteiger partial charge in [-0.15, -0.1) is 11.6 Å². The van der Waals surface area contributed by atoms with Crippen molar-refractivity contribution < 1.29 is 0 Å². The van der Waals surface area contributed by atoms with Crippen LogP contribution in [-0.4, -0.2) is 9.55 Å². The predicted octanol–water partition coefficient (Wildman–Crippen LogP) is 4.88. The average Bonchev–Trinajstić information content (AvgIpc) is 2.82. The lowest BCUT2D eigenvalue weighted by molar-refractivity contribution is 0.508. The summed E-state index contributed by atoms with van der Waals surface area (Å²) < 4.78 is 3.35. The van der Waals surface area contributed by atoms with Crippen LogP contribution >= 0.6 is 27.5 Å². The Morgan fingerprint density at radius 1 is 1.24 bits per heavy atom. The number of imidazole rings is 1. The number of aromatic nitrogens is 2. The van der Waals surface area contributed by atoms with Gasteiger partial charge in [-0.1, -0.05) is 40.2 Å². The molecule has 0 saturated carbocycles. The number of hydrogen-bond donors (Lipinski definition) is 0. The van der Waals surface area contributed by atoms with Gasteiger partial charge < -0.3 is 4.57 Å². The van der Waals surface area contributed by atoms with Crippen LogP contribution in [0.3, 0.4) is 0 Å². The maximum absolute atomic E-state index is 6.09. The first kappa shape index (κ1) is 13.4. The molecule has 0 saturated heterocycles. The highest BCUT2D eigenvalue weighted by Crippen LogP contribution is 2.37. The first-order valence-corrected chi connectivity index (χ1v) is 8.37. The van der Waals surface area contributed by atoms with Gasteiger partial charge in [-0.25, -0.2) is 4.98 Å². The fourth-order valence-electron chi connectivity index (χ4n) is 3.20. The van der Waals surface area contributed by atoms with Crippen LogP contribution in [0.5, 0.6) is 0 Å². The molecule has 1 aromatic heterocycles. The molecule has 0 radical (unpaired) electrons. The van der Waals surface area contributed by atoms with Crippen LogP contribution in [0.15, 0.2) is 46.9 Å². The monoisotopic (exact) mass is 360 g/mol. The van der Waals surface area contributed by atoms with E-state index in [0.29, 0.717) is 11.8 Å². The van der Waals surface area contributed by atoms with Crippen molar-refractivity contribution in [1.82, 2.24) is 9.55 Å². The van der Waals surface area contributed by atoms with Crippen LogP contribution in [0.25, 0.3) is 11.0 Å². The van der Waals surface area contributed by atoms with Gasteiger partial charge in [0.1, 0.15) is 5.82 Å². The van der Waals surface area contributed by atoms with E-state index >= 15 is 0 Å². The van der Waals surface area contributed by atoms with Crippen molar-refractivity contribution in [3.63, 3.8) is 0 Å². The molecule has 1 aliphatic carbocycles. The number of alkyl halides is 1. The van der Waals surface area contributed by atoms with Crippen LogP contribution < -0.4 is 0 Å². The number of nitrogens with zero attached hydrogens (tertiary/aromatic N) is 2. The largest absolute Gasteiger partial charge is 0.326 e. The van der Waals surface area contributed by atoms with Crippen LogP contribution in [0.4, 0.5) is 0 Å². The molecular formula is C17H14BrClN2. The first-order chi connectivity index (χ1) is 10.3. The second kappa shape index (κ2) is 5.15. The molecule has 4 heteroatoms. The minimum absolute atomic E-state index is 0.445. The molecule has 106 valence electrons. The standard InChI is InChI=1S/C17H14BrClN2/c18-13-5-6-15-16(8-13)21(17(9-19)20-15)10-12-7-11-3-1-2-4-14(11)12/h1-6,8,12H,7,9-10H2. The summed E-state index contributed by atoms with van der Waals surface area (Å²) in [5, 5.41) is 0. The molecule has 4 rings (SSSR count). The smallest absolute Gasteiger partial charge is 0.124 e. The third kappa shape index (κ3) is 2.19. The van der Waals surface area contributed by atoms with E-state index in [1.54, 1.807) is 0 Å². The zero-order valence-electron chi connectivity index (χ0n) is 11.4. The lowest BCUT2D eigenvalue weighted by Crippen LogP contribution is -2.22. The topological polar surface area (TPSA) is 17.8 Å². The van der Waals surface area contributed by atoms with E-state index in [1.165, 1.54) is 11.1 Å². The van der Waals surface area contributed by atoms with Crippen molar-refractivity contribution in [3.05, 3.63) is 63.9 Å². The molecule has 1 unspecified atom stereocenters. The molecule has 0 N–H and O–H groups in total. The molecule has 0 aliphatic heterocycles. The van der Waals surface area contributed by atoms with E-state index in [1.807, 2.05) is 12.1 Å². The van der Waals surface area contributed by atoms with Gasteiger partial charge in [0.25, 0.3) is 0 Å². The zero-order valence-corrected chi connectivity index (χ0v) is 13.7. The molecule has 2 nitrogen and oxygen atoms in total. The van der Waals surface area contributed by atoms with Crippen molar-refractivity contribution in [2.75, 3.05) is 0 Å². The van der Waals surface area contributed by atoms with Crippen LogP contribution in [0.2, 0.25) is 0 Å². The highest BCUT2D eigenvalue weighted by Gasteiger charge is 2.27. The molecular weight excluding hydrogens is 348 g/mol. The van der Waals surface area contributed by atoms with Crippen LogP contribution in [0, 0.1) is 0 Å². The maximum atomic E-state index is 6.09. The zero-order chi connectivity index (χ0) is 14.4. The van der Waals surface area contributed by atoms with Crippen LogP contribution in [-0.2, 0) is 18.8 Å². The van der Waals surface area contributed by atoms with Crippen molar-refractivity contribution in [3.8, 4) is 0 Å². The summed E-state index contributed by atoms with van der Waals surface area (Å²) in [5.41, 5.74) is 5.11. The third-order valence-electron chi connectivity index (χ3n) is 4.27. The molecule has 0 fully saturated rings. The fraction of sp³-hybridized carbons (Fsp3) is 0.235. The lowest BCUT2D eigenvalue weighted by Gasteiger charge is -2.31. The summed E-state index contributed by atoms with van der Waals surface area (Å²) in [7, 11) is 0. The lowest BCUT2D eigenvalue weighted by atomic mass is 9.77. The Labute approximate surface area is 136 Å². The predicted molar refractivity (Wildman–Crippen MR) is 89.9 cm³/mol. The van der Waals surface area contributed by atoms with Crippen molar-refractivity contribution in [2.45, 2.75) is 24.8 Å². The highest BCUT2D eigenvalue weighted by atomic mass is 79.9.